The summed E-state index contributed by atoms with van der Waals surface area (Å²) in [4.78, 5) is 56.0. The molecule has 0 bridgehead atoms. The van der Waals surface area contributed by atoms with Crippen LogP contribution in [0.2, 0.25) is 0 Å². The fourth-order valence-electron chi connectivity index (χ4n) is 15.7. The monoisotopic (exact) mass is 1690 g/mol. The number of fused-ring (bicyclic) bond motifs is 7. The standard InChI is InChI=1S/C20H21N5O4S.C20H23N5O3S.C18H24BrN5O3S.C18H19N5O3S/c26-20(22-19-15-5-1-3-13(15)11-14-4-2-6-16(14)19)24-30(27,28)18-7-9-25(23-18)12-17-21-8-10-29-17;1-20(2,12-21)25-10-9-17(23-25)29(27,28)24-19(26)22-18-15-7-3-5-13(15)11-14-6-4-8-16(14)18;1-4-24-13(11-23(2)3)10-16(21-24)28(26,27)22-18(25)20-17-14-7-5-6-12(14)8-9-15(17)19;19-8-10-23-9-7-16(21-23)27(25,26)22-18(24)20-17-14-5-1-3-12(14)11-13-4-2-6-15(13)17/h7-11H,1-6,12H2,(H2,22,24,26);9-11H,3-8H2,1-2H3,(H2,22,24,26);8-10H,4-7,11H2,1-3H3,(H2,20,22,25);7,9,11H,1-6,10H2,(H2,20,22,24). The van der Waals surface area contributed by atoms with E-state index in [1.54, 1.807) is 18.5 Å². The molecular weight excluding hydrogens is 1610 g/mol. The van der Waals surface area contributed by atoms with E-state index in [0.717, 1.165) is 201 Å². The molecule has 7 aliphatic rings. The van der Waals surface area contributed by atoms with E-state index in [2.05, 4.69) is 90.2 Å². The van der Waals surface area contributed by atoms with Gasteiger partial charge in [-0.2, -0.15) is 64.6 Å². The first-order chi connectivity index (χ1) is 54.4. The lowest BCUT2D eigenvalue weighted by molar-refractivity contribution is 0.255. The smallest absolute Gasteiger partial charge is 0.333 e. The molecule has 0 unspecified atom stereocenters. The molecule has 33 nitrogen and oxygen atoms in total. The van der Waals surface area contributed by atoms with Gasteiger partial charge >= 0.3 is 24.1 Å². The Labute approximate surface area is 668 Å². The van der Waals surface area contributed by atoms with E-state index in [9.17, 15) is 58.1 Å². The lowest BCUT2D eigenvalue weighted by atomic mass is 9.99. The zero-order chi connectivity index (χ0) is 81.0. The van der Waals surface area contributed by atoms with Gasteiger partial charge in [0.1, 0.15) is 24.9 Å². The number of hydrogen-bond acceptors (Lipinski definition) is 21. The Morgan fingerprint density at radius 3 is 1.26 bits per heavy atom. The number of anilines is 4. The Hall–Kier alpha value is -10.8. The van der Waals surface area contributed by atoms with Crippen molar-refractivity contribution in [2.24, 2.45) is 0 Å². The Balaban J connectivity index is 0.000000133. The molecule has 16 rings (SSSR count). The highest BCUT2D eigenvalue weighted by molar-refractivity contribution is 9.10. The molecule has 0 atom stereocenters. The summed E-state index contributed by atoms with van der Waals surface area (Å²) in [6.45, 7) is 6.33. The van der Waals surface area contributed by atoms with Gasteiger partial charge < -0.3 is 30.6 Å². The first kappa shape index (κ1) is 81.3. The lowest BCUT2D eigenvalue weighted by Gasteiger charge is -2.16. The molecule has 114 heavy (non-hydrogen) atoms. The average molecular weight is 1700 g/mol. The van der Waals surface area contributed by atoms with Crippen LogP contribution in [-0.2, 0) is 162 Å². The molecule has 7 aliphatic carbocycles. The molecule has 0 fully saturated rings. The van der Waals surface area contributed by atoms with E-state index in [4.69, 9.17) is 9.68 Å². The quantitative estimate of drug-likeness (QED) is 0.0373. The van der Waals surface area contributed by atoms with Crippen LogP contribution < -0.4 is 40.2 Å². The van der Waals surface area contributed by atoms with E-state index in [1.165, 1.54) is 108 Å². The van der Waals surface area contributed by atoms with Gasteiger partial charge in [-0.1, -0.05) is 24.3 Å². The van der Waals surface area contributed by atoms with Crippen molar-refractivity contribution < 1.29 is 57.3 Å². The topological polar surface area (TPSA) is 449 Å². The van der Waals surface area contributed by atoms with Gasteiger partial charge in [0.05, 0.1) is 29.7 Å². The predicted molar refractivity (Wildman–Crippen MR) is 423 cm³/mol. The number of aromatic nitrogens is 9. The average Bonchev–Trinajstić information content (AvgIpc) is 1.62. The van der Waals surface area contributed by atoms with Crippen LogP contribution in [0.4, 0.5) is 41.9 Å². The van der Waals surface area contributed by atoms with Crippen molar-refractivity contribution in [2.75, 3.05) is 35.4 Å². The maximum Gasteiger partial charge on any atom is 0.333 e. The Morgan fingerprint density at radius 2 is 0.868 bits per heavy atom. The maximum atomic E-state index is 12.6. The number of rotatable bonds is 19. The third kappa shape index (κ3) is 18.2. The van der Waals surface area contributed by atoms with Crippen molar-refractivity contribution in [2.45, 2.75) is 207 Å². The van der Waals surface area contributed by atoms with Crippen molar-refractivity contribution in [1.82, 2.24) is 67.9 Å². The highest BCUT2D eigenvalue weighted by atomic mass is 79.9. The second-order valence-electron chi connectivity index (χ2n) is 29.4. The summed E-state index contributed by atoms with van der Waals surface area (Å²) in [5.74, 6) is 0.402. The normalized spacial score (nSPS) is 14.8. The minimum Gasteiger partial charge on any atom is -0.447 e. The summed E-state index contributed by atoms with van der Waals surface area (Å²) < 4.78 is 120. The van der Waals surface area contributed by atoms with E-state index in [0.29, 0.717) is 24.7 Å². The third-order valence-corrected chi connectivity index (χ3v) is 26.4. The van der Waals surface area contributed by atoms with E-state index < -0.39 is 69.8 Å². The minimum absolute atomic E-state index is 0.0655. The molecule has 0 saturated heterocycles. The largest absolute Gasteiger partial charge is 0.447 e. The molecule has 600 valence electrons. The van der Waals surface area contributed by atoms with Gasteiger partial charge in [0, 0.05) is 59.3 Å². The van der Waals surface area contributed by atoms with Crippen LogP contribution in [0.5, 0.6) is 0 Å². The summed E-state index contributed by atoms with van der Waals surface area (Å²) >= 11 is 3.44. The number of oxazole rings is 1. The van der Waals surface area contributed by atoms with Crippen LogP contribution in [0.1, 0.15) is 155 Å². The number of carbonyl (C=O) groups is 4. The Kier molecular flexibility index (Phi) is 24.0. The first-order valence-corrected chi connectivity index (χ1v) is 44.3. The van der Waals surface area contributed by atoms with Crippen LogP contribution in [0.15, 0.2) is 115 Å². The predicted octanol–water partition coefficient (Wildman–Crippen LogP) is 9.66. The van der Waals surface area contributed by atoms with E-state index >= 15 is 0 Å². The molecule has 0 spiro atoms. The molecular formula is C76H87BrN20O13S4. The Morgan fingerprint density at radius 1 is 0.491 bits per heavy atom. The van der Waals surface area contributed by atoms with Gasteiger partial charge in [0.2, 0.25) is 5.89 Å². The number of carbonyl (C=O) groups excluding carboxylic acids is 4. The summed E-state index contributed by atoms with van der Waals surface area (Å²) in [7, 11) is -12.7. The number of halogens is 1. The number of sulfonamides is 4. The van der Waals surface area contributed by atoms with Crippen molar-refractivity contribution in [3.63, 3.8) is 0 Å². The highest BCUT2D eigenvalue weighted by Crippen LogP contribution is 2.42. The van der Waals surface area contributed by atoms with Crippen LogP contribution in [0, 0.1) is 22.7 Å². The molecule has 8 amide bonds. The van der Waals surface area contributed by atoms with Gasteiger partial charge in [-0.15, -0.1) is 0 Å². The second kappa shape index (κ2) is 33.7. The van der Waals surface area contributed by atoms with Crippen LogP contribution in [-0.4, -0.2) is 121 Å². The Bertz CT molecular complexity index is 5740. The molecule has 5 aromatic heterocycles. The molecule has 8 N–H and O–H groups in total. The zero-order valence-electron chi connectivity index (χ0n) is 63.4. The summed E-state index contributed by atoms with van der Waals surface area (Å²) in [6.07, 6.45) is 27.6. The van der Waals surface area contributed by atoms with Gasteiger partial charge in [-0.25, -0.2) is 43.1 Å². The molecule has 5 heterocycles. The van der Waals surface area contributed by atoms with Crippen LogP contribution in [0.3, 0.4) is 0 Å². The summed E-state index contributed by atoms with van der Waals surface area (Å²) in [5.41, 5.74) is 19.3. The van der Waals surface area contributed by atoms with E-state index in [-0.39, 0.29) is 33.2 Å². The number of nitrogens with zero attached hydrogens (tertiary/aromatic N) is 12. The number of hydrogen-bond donors (Lipinski definition) is 8. The SMILES string of the molecule is CC(C)(C#N)n1ccc(S(=O)(=O)NC(=O)Nc2c3c(cc4c2CCC4)CCC3)n1.CCn1nc(S(=O)(=O)NC(=O)Nc2c(Br)ccc3c2CCC3)cc1CN(C)C.N#CCn1ccc(S(=O)(=O)NC(=O)Nc2c3c(cc4c2CCC4)CCC3)n1.O=C(Nc1c2c(cc3c1CCC3)CCC2)NS(=O)(=O)c1ccn(Cc2ncco2)n1. The number of urea groups is 4. The first-order valence-electron chi connectivity index (χ1n) is 37.6. The highest BCUT2D eigenvalue weighted by Gasteiger charge is 2.34. The van der Waals surface area contributed by atoms with Crippen LogP contribution in [0.25, 0.3) is 0 Å². The van der Waals surface area contributed by atoms with Gasteiger partial charge in [-0.05, 0) is 288 Å². The molecule has 0 saturated carbocycles. The van der Waals surface area contributed by atoms with Crippen molar-refractivity contribution in [1.29, 1.82) is 10.5 Å². The number of nitrogens with one attached hydrogen (secondary N) is 8. The molecule has 0 radical (unpaired) electrons. The van der Waals surface area contributed by atoms with Gasteiger partial charge in [0.25, 0.3) is 40.1 Å². The van der Waals surface area contributed by atoms with Crippen molar-refractivity contribution >= 4 is 103 Å². The molecule has 4 aromatic carbocycles. The number of benzene rings is 4. The van der Waals surface area contributed by atoms with Gasteiger partial charge in [0.15, 0.2) is 20.1 Å². The summed E-state index contributed by atoms with van der Waals surface area (Å²) in [5, 5.41) is 43.9. The number of amides is 8. The number of aryl methyl sites for hydroxylation is 8. The summed E-state index contributed by atoms with van der Waals surface area (Å²) in [6, 6.07) is 16.7. The fraction of sp³-hybridized carbons (Fsp3) is 0.408. The molecule has 9 aromatic rings. The van der Waals surface area contributed by atoms with Crippen molar-refractivity contribution in [3.05, 3.63) is 180 Å². The lowest BCUT2D eigenvalue weighted by Crippen LogP contribution is -2.35. The zero-order valence-corrected chi connectivity index (χ0v) is 68.3. The maximum absolute atomic E-state index is 12.6. The van der Waals surface area contributed by atoms with Crippen molar-refractivity contribution in [3.8, 4) is 12.1 Å². The van der Waals surface area contributed by atoms with Crippen LogP contribution >= 0.6 is 15.9 Å². The molecule has 38 heteroatoms. The minimum atomic E-state index is -4.16. The van der Waals surface area contributed by atoms with E-state index in [1.807, 2.05) is 59.6 Å². The fourth-order valence-corrected chi connectivity index (χ4v) is 19.6. The third-order valence-electron chi connectivity index (χ3n) is 20.9. The molecule has 0 aliphatic heterocycles. The second-order valence-corrected chi connectivity index (χ2v) is 36.8. The van der Waals surface area contributed by atoms with Gasteiger partial charge in [-0.3, -0.25) is 18.7 Å². The number of nitriles is 2.